The van der Waals surface area contributed by atoms with Crippen LogP contribution in [-0.4, -0.2) is 29.8 Å². The Hall–Kier alpha value is -2.14. The molecule has 1 aliphatic rings. The molecule has 0 bridgehead atoms. The van der Waals surface area contributed by atoms with Gasteiger partial charge in [-0.25, -0.2) is 0 Å². The molecule has 0 spiro atoms. The van der Waals surface area contributed by atoms with Crippen molar-refractivity contribution in [2.24, 2.45) is 0 Å². The largest absolute Gasteiger partial charge is 0.343 e. The Bertz CT molecular complexity index is 708. The molecule has 1 aromatic heterocycles. The van der Waals surface area contributed by atoms with Crippen LogP contribution in [-0.2, 0) is 17.8 Å². The Morgan fingerprint density at radius 3 is 2.91 bits per heavy atom. The van der Waals surface area contributed by atoms with E-state index < -0.39 is 0 Å². The summed E-state index contributed by atoms with van der Waals surface area (Å²) in [5.74, 6) is -0.224. The van der Waals surface area contributed by atoms with Gasteiger partial charge in [0.2, 0.25) is 5.91 Å². The second-order valence-electron chi connectivity index (χ2n) is 5.43. The van der Waals surface area contributed by atoms with E-state index in [9.17, 15) is 9.59 Å². The third-order valence-corrected chi connectivity index (χ3v) is 4.97. The van der Waals surface area contributed by atoms with Crippen LogP contribution in [0.1, 0.15) is 26.4 Å². The first-order chi connectivity index (χ1) is 10.6. The lowest BCUT2D eigenvalue weighted by Gasteiger charge is -2.27. The highest BCUT2D eigenvalue weighted by atomic mass is 32.1. The Balaban J connectivity index is 1.57. The summed E-state index contributed by atoms with van der Waals surface area (Å²) in [6.45, 7) is 3.32. The lowest BCUT2D eigenvalue weighted by atomic mass is 10.1. The monoisotopic (exact) mass is 314 g/mol. The maximum Gasteiger partial charge on any atom is 0.251 e. The number of hydrogen-bond donors (Lipinski definition) is 1. The lowest BCUT2D eigenvalue weighted by Crippen LogP contribution is -2.42. The highest BCUT2D eigenvalue weighted by molar-refractivity contribution is 7.10. The van der Waals surface area contributed by atoms with Gasteiger partial charge in [-0.05, 0) is 42.0 Å². The van der Waals surface area contributed by atoms with Crippen molar-refractivity contribution in [3.05, 3.63) is 57.3 Å². The van der Waals surface area contributed by atoms with Gasteiger partial charge in [-0.15, -0.1) is 11.3 Å². The van der Waals surface area contributed by atoms with Gasteiger partial charge in [0.1, 0.15) is 0 Å². The molecule has 0 saturated carbocycles. The molecule has 0 radical (unpaired) electrons. The topological polar surface area (TPSA) is 49.4 Å². The molecule has 0 atom stereocenters. The number of fused-ring (bicyclic) bond motifs is 1. The summed E-state index contributed by atoms with van der Waals surface area (Å²) in [6.07, 6.45) is 0.907. The van der Waals surface area contributed by atoms with Crippen molar-refractivity contribution in [1.29, 1.82) is 0 Å². The minimum atomic E-state index is -0.195. The summed E-state index contributed by atoms with van der Waals surface area (Å²) in [4.78, 5) is 27.6. The van der Waals surface area contributed by atoms with E-state index in [0.717, 1.165) is 18.5 Å². The van der Waals surface area contributed by atoms with Crippen LogP contribution in [0.25, 0.3) is 0 Å². The van der Waals surface area contributed by atoms with Gasteiger partial charge in [-0.2, -0.15) is 0 Å². The van der Waals surface area contributed by atoms with E-state index in [0.29, 0.717) is 12.1 Å². The number of thiophene rings is 1. The first-order valence-electron chi connectivity index (χ1n) is 7.32. The molecule has 5 heteroatoms. The molecule has 0 saturated heterocycles. The quantitative estimate of drug-likeness (QED) is 0.945. The van der Waals surface area contributed by atoms with Crippen LogP contribution in [0.15, 0.2) is 35.7 Å². The summed E-state index contributed by atoms with van der Waals surface area (Å²) in [5, 5.41) is 4.80. The van der Waals surface area contributed by atoms with Gasteiger partial charge in [-0.1, -0.05) is 18.2 Å². The van der Waals surface area contributed by atoms with Crippen molar-refractivity contribution in [2.45, 2.75) is 19.9 Å². The van der Waals surface area contributed by atoms with Crippen LogP contribution in [0.5, 0.6) is 0 Å². The number of aryl methyl sites for hydroxylation is 1. The van der Waals surface area contributed by atoms with Crippen LogP contribution in [0.4, 0.5) is 0 Å². The van der Waals surface area contributed by atoms with Crippen molar-refractivity contribution < 1.29 is 9.59 Å². The molecule has 0 unspecified atom stereocenters. The standard InChI is InChI=1S/C17H18N2O2S/c1-12-4-2-3-5-14(12)17(21)18-10-16(20)19-8-6-15-13(11-19)7-9-22-15/h2-5,7,9H,6,8,10-11H2,1H3,(H,18,21). The Kier molecular flexibility index (Phi) is 4.24. The van der Waals surface area contributed by atoms with E-state index in [1.54, 1.807) is 17.4 Å². The number of benzene rings is 1. The first kappa shape index (κ1) is 14.8. The second kappa shape index (κ2) is 6.32. The van der Waals surface area contributed by atoms with Crippen molar-refractivity contribution >= 4 is 23.2 Å². The summed E-state index contributed by atoms with van der Waals surface area (Å²) < 4.78 is 0. The molecule has 2 aromatic rings. The molecule has 2 amide bonds. The van der Waals surface area contributed by atoms with Crippen LogP contribution in [0.2, 0.25) is 0 Å². The number of hydrogen-bond acceptors (Lipinski definition) is 3. The third kappa shape index (κ3) is 3.04. The molecule has 114 valence electrons. The molecular weight excluding hydrogens is 296 g/mol. The van der Waals surface area contributed by atoms with E-state index >= 15 is 0 Å². The van der Waals surface area contributed by atoms with Crippen molar-refractivity contribution in [1.82, 2.24) is 10.2 Å². The zero-order chi connectivity index (χ0) is 15.5. The zero-order valence-electron chi connectivity index (χ0n) is 12.5. The number of amides is 2. The summed E-state index contributed by atoms with van der Waals surface area (Å²) in [6, 6.07) is 9.45. The van der Waals surface area contributed by atoms with Crippen molar-refractivity contribution in [3.63, 3.8) is 0 Å². The van der Waals surface area contributed by atoms with Crippen LogP contribution >= 0.6 is 11.3 Å². The predicted octanol–water partition coefficient (Wildman–Crippen LogP) is 2.37. The van der Waals surface area contributed by atoms with Gasteiger partial charge in [0.25, 0.3) is 5.91 Å². The summed E-state index contributed by atoms with van der Waals surface area (Å²) in [7, 11) is 0. The number of nitrogens with zero attached hydrogens (tertiary/aromatic N) is 1. The predicted molar refractivity (Wildman–Crippen MR) is 87.0 cm³/mol. The van der Waals surface area contributed by atoms with Gasteiger partial charge in [0.05, 0.1) is 6.54 Å². The normalized spacial score (nSPS) is 13.6. The van der Waals surface area contributed by atoms with E-state index in [2.05, 4.69) is 16.8 Å². The maximum atomic E-state index is 12.3. The minimum absolute atomic E-state index is 0.0289. The first-order valence-corrected chi connectivity index (χ1v) is 8.20. The van der Waals surface area contributed by atoms with Gasteiger partial charge in [0.15, 0.2) is 0 Å². The molecular formula is C17H18N2O2S. The fourth-order valence-corrected chi connectivity index (χ4v) is 3.54. The van der Waals surface area contributed by atoms with Crippen molar-refractivity contribution in [2.75, 3.05) is 13.1 Å². The Labute approximate surface area is 133 Å². The fraction of sp³-hybridized carbons (Fsp3) is 0.294. The third-order valence-electron chi connectivity index (χ3n) is 3.95. The maximum absolute atomic E-state index is 12.3. The van der Waals surface area contributed by atoms with Crippen molar-refractivity contribution in [3.8, 4) is 0 Å². The summed E-state index contributed by atoms with van der Waals surface area (Å²) >= 11 is 1.75. The molecule has 0 fully saturated rings. The summed E-state index contributed by atoms with van der Waals surface area (Å²) in [5.41, 5.74) is 2.76. The van der Waals surface area contributed by atoms with Crippen LogP contribution in [0.3, 0.4) is 0 Å². The molecule has 2 heterocycles. The molecule has 3 rings (SSSR count). The highest BCUT2D eigenvalue weighted by Crippen LogP contribution is 2.23. The Morgan fingerprint density at radius 2 is 2.09 bits per heavy atom. The molecule has 1 aliphatic heterocycles. The minimum Gasteiger partial charge on any atom is -0.343 e. The molecule has 1 N–H and O–H groups in total. The van der Waals surface area contributed by atoms with E-state index in [4.69, 9.17) is 0 Å². The van der Waals surface area contributed by atoms with Crippen LogP contribution in [0, 0.1) is 6.92 Å². The van der Waals surface area contributed by atoms with E-state index in [1.165, 1.54) is 10.4 Å². The second-order valence-corrected chi connectivity index (χ2v) is 6.43. The smallest absolute Gasteiger partial charge is 0.251 e. The van der Waals surface area contributed by atoms with E-state index in [-0.39, 0.29) is 18.4 Å². The average Bonchev–Trinajstić information content (AvgIpc) is 3.00. The molecule has 0 aliphatic carbocycles. The number of carbonyl (C=O) groups is 2. The molecule has 4 nitrogen and oxygen atoms in total. The van der Waals surface area contributed by atoms with Gasteiger partial charge >= 0.3 is 0 Å². The number of carbonyl (C=O) groups excluding carboxylic acids is 2. The zero-order valence-corrected chi connectivity index (χ0v) is 13.3. The van der Waals surface area contributed by atoms with Crippen LogP contribution < -0.4 is 5.32 Å². The molecule has 1 aromatic carbocycles. The van der Waals surface area contributed by atoms with E-state index in [1.807, 2.05) is 30.0 Å². The van der Waals surface area contributed by atoms with Gasteiger partial charge in [-0.3, -0.25) is 9.59 Å². The van der Waals surface area contributed by atoms with Gasteiger partial charge in [0, 0.05) is 23.5 Å². The molecule has 22 heavy (non-hydrogen) atoms. The average molecular weight is 314 g/mol. The highest BCUT2D eigenvalue weighted by Gasteiger charge is 2.21. The Morgan fingerprint density at radius 1 is 1.27 bits per heavy atom. The lowest BCUT2D eigenvalue weighted by molar-refractivity contribution is -0.131. The number of rotatable bonds is 3. The van der Waals surface area contributed by atoms with Gasteiger partial charge < -0.3 is 10.2 Å². The number of nitrogens with one attached hydrogen (secondary N) is 1. The SMILES string of the molecule is Cc1ccccc1C(=O)NCC(=O)N1CCc2sccc2C1. The fourth-order valence-electron chi connectivity index (χ4n) is 2.65.